The normalized spacial score (nSPS) is 14.0. The summed E-state index contributed by atoms with van der Waals surface area (Å²) in [4.78, 5) is 8.85. The molecule has 1 aliphatic heterocycles. The molecular weight excluding hydrogens is 456 g/mol. The quantitative estimate of drug-likeness (QED) is 0.238. The summed E-state index contributed by atoms with van der Waals surface area (Å²) < 4.78 is 5.55. The van der Waals surface area contributed by atoms with Crippen LogP contribution in [0.25, 0.3) is 5.57 Å². The number of aliphatic imine (C=N–C) groups is 2. The average Bonchev–Trinajstić information content (AvgIpc) is 3.34. The van der Waals surface area contributed by atoms with Crippen molar-refractivity contribution < 1.29 is 4.74 Å². The van der Waals surface area contributed by atoms with Gasteiger partial charge < -0.3 is 15.4 Å². The number of hydrogen-bond acceptors (Lipinski definition) is 5. The van der Waals surface area contributed by atoms with Crippen LogP contribution in [0.4, 0.5) is 0 Å². The van der Waals surface area contributed by atoms with Crippen LogP contribution in [0.3, 0.4) is 0 Å². The Bertz CT molecular complexity index is 919. The number of aryl methyl sites for hydroxylation is 1. The van der Waals surface area contributed by atoms with E-state index >= 15 is 0 Å². The Morgan fingerprint density at radius 2 is 1.89 bits per heavy atom. The van der Waals surface area contributed by atoms with Crippen LogP contribution < -0.4 is 15.4 Å². The van der Waals surface area contributed by atoms with Crippen LogP contribution in [0.15, 0.2) is 52.9 Å². The first-order valence-corrected chi connectivity index (χ1v) is 13.8. The summed E-state index contributed by atoms with van der Waals surface area (Å²) in [6.45, 7) is 29.5. The molecule has 5 nitrogen and oxygen atoms in total. The van der Waals surface area contributed by atoms with Crippen LogP contribution in [0.5, 0.6) is 5.75 Å². The third-order valence-electron chi connectivity index (χ3n) is 5.69. The van der Waals surface area contributed by atoms with Crippen molar-refractivity contribution in [2.75, 3.05) is 26.7 Å². The highest BCUT2D eigenvalue weighted by molar-refractivity contribution is 5.71. The van der Waals surface area contributed by atoms with Gasteiger partial charge in [-0.3, -0.25) is 4.99 Å². The fraction of sp³-hybridized carbons (Fsp3) is 0.562. The molecular formula is C32H54N4O. The van der Waals surface area contributed by atoms with Crippen LogP contribution in [-0.4, -0.2) is 39.2 Å². The standard InChI is InChI=1S/C17H32N4.C13H16O.C2H6/c1-8-11-21-16(18-7)15(20-9-2)14(3)10-12-19-13-17(4,5)6;1-4-10-7-11-5-6-14-13(11)8-12(10)9(2)3;1-2/h8-9,11,14,18-19H,1,10,12-13H2,2-7H3;7-8H,2,4-6H2,1,3H3;1-2H3/b16-15+,20-9?,21-11-;;. The van der Waals surface area contributed by atoms with Crippen molar-refractivity contribution in [1.82, 2.24) is 10.6 Å². The number of benzene rings is 1. The number of nitrogens with zero attached hydrogens (tertiary/aromatic N) is 2. The lowest BCUT2D eigenvalue weighted by molar-refractivity contribution is 0.356. The second-order valence-corrected chi connectivity index (χ2v) is 10.2. The van der Waals surface area contributed by atoms with Gasteiger partial charge in [0.25, 0.3) is 0 Å². The number of hydrogen-bond donors (Lipinski definition) is 2. The molecule has 0 saturated carbocycles. The molecule has 0 amide bonds. The Hall–Kier alpha value is -2.66. The van der Waals surface area contributed by atoms with Gasteiger partial charge >= 0.3 is 0 Å². The molecule has 208 valence electrons. The number of ether oxygens (including phenoxy) is 1. The zero-order valence-corrected chi connectivity index (χ0v) is 25.4. The summed E-state index contributed by atoms with van der Waals surface area (Å²) in [7, 11) is 1.87. The molecule has 0 saturated heterocycles. The first kappa shape index (κ1) is 34.3. The van der Waals surface area contributed by atoms with Crippen LogP contribution >= 0.6 is 0 Å². The van der Waals surface area contributed by atoms with Gasteiger partial charge in [0.1, 0.15) is 11.6 Å². The lowest BCUT2D eigenvalue weighted by Gasteiger charge is -2.20. The Balaban J connectivity index is 0.000000695. The molecule has 2 N–H and O–H groups in total. The highest BCUT2D eigenvalue weighted by atomic mass is 16.5. The van der Waals surface area contributed by atoms with E-state index < -0.39 is 0 Å². The fourth-order valence-corrected chi connectivity index (χ4v) is 3.83. The lowest BCUT2D eigenvalue weighted by atomic mass is 9.96. The van der Waals surface area contributed by atoms with E-state index in [-0.39, 0.29) is 0 Å². The zero-order valence-electron chi connectivity index (χ0n) is 25.4. The summed E-state index contributed by atoms with van der Waals surface area (Å²) in [6, 6.07) is 4.41. The van der Waals surface area contributed by atoms with Gasteiger partial charge in [-0.25, -0.2) is 4.99 Å². The molecule has 37 heavy (non-hydrogen) atoms. The average molecular weight is 511 g/mol. The van der Waals surface area contributed by atoms with Crippen molar-refractivity contribution in [3.63, 3.8) is 0 Å². The maximum absolute atomic E-state index is 5.55. The molecule has 1 heterocycles. The highest BCUT2D eigenvalue weighted by Crippen LogP contribution is 2.31. The number of allylic oxidation sites excluding steroid dienone is 3. The third kappa shape index (κ3) is 12.9. The Kier molecular flexibility index (Phi) is 17.2. The summed E-state index contributed by atoms with van der Waals surface area (Å²) in [5, 5.41) is 6.62. The number of nitrogens with one attached hydrogen (secondary N) is 2. The molecule has 1 unspecified atom stereocenters. The van der Waals surface area contributed by atoms with Gasteiger partial charge in [-0.15, -0.1) is 0 Å². The van der Waals surface area contributed by atoms with Crippen molar-refractivity contribution in [1.29, 1.82) is 0 Å². The van der Waals surface area contributed by atoms with Gasteiger partial charge in [0.2, 0.25) is 0 Å². The molecule has 1 aromatic rings. The molecule has 1 atom stereocenters. The van der Waals surface area contributed by atoms with E-state index in [0.717, 1.165) is 61.8 Å². The topological polar surface area (TPSA) is 58.0 Å². The summed E-state index contributed by atoms with van der Waals surface area (Å²) in [5.74, 6) is 2.19. The maximum Gasteiger partial charge on any atom is 0.147 e. The van der Waals surface area contributed by atoms with Gasteiger partial charge in [0.15, 0.2) is 0 Å². The van der Waals surface area contributed by atoms with Gasteiger partial charge in [0, 0.05) is 31.8 Å². The van der Waals surface area contributed by atoms with E-state index in [1.165, 1.54) is 16.7 Å². The SMILES string of the molecule is C=C(C)c1cc2c(cc1CC)CCO2.C=C/C=N\C(NC)=C(\N=CC)C(C)CCNCC(C)(C)C.CC. The minimum Gasteiger partial charge on any atom is -0.493 e. The predicted molar refractivity (Wildman–Crippen MR) is 166 cm³/mol. The molecule has 0 fully saturated rings. The van der Waals surface area contributed by atoms with Gasteiger partial charge in [-0.1, -0.05) is 79.3 Å². The van der Waals surface area contributed by atoms with E-state index in [1.54, 1.807) is 12.3 Å². The smallest absolute Gasteiger partial charge is 0.147 e. The Morgan fingerprint density at radius 1 is 1.22 bits per heavy atom. The van der Waals surface area contributed by atoms with E-state index in [4.69, 9.17) is 4.74 Å². The zero-order chi connectivity index (χ0) is 28.4. The van der Waals surface area contributed by atoms with Gasteiger partial charge in [-0.05, 0) is 68.0 Å². The minimum absolute atomic E-state index is 0.313. The first-order chi connectivity index (χ1) is 17.6. The van der Waals surface area contributed by atoms with Crippen molar-refractivity contribution >= 4 is 18.0 Å². The number of fused-ring (bicyclic) bond motifs is 1. The highest BCUT2D eigenvalue weighted by Gasteiger charge is 2.16. The van der Waals surface area contributed by atoms with Gasteiger partial charge in [-0.2, -0.15) is 0 Å². The molecule has 0 aromatic heterocycles. The Labute approximate surface area is 228 Å². The monoisotopic (exact) mass is 510 g/mol. The molecule has 0 bridgehead atoms. The fourth-order valence-electron chi connectivity index (χ4n) is 3.83. The third-order valence-corrected chi connectivity index (χ3v) is 5.69. The van der Waals surface area contributed by atoms with Crippen LogP contribution in [0, 0.1) is 11.3 Å². The van der Waals surface area contributed by atoms with Crippen molar-refractivity contribution in [2.24, 2.45) is 21.3 Å². The lowest BCUT2D eigenvalue weighted by Crippen LogP contribution is -2.28. The Morgan fingerprint density at radius 3 is 2.41 bits per heavy atom. The van der Waals surface area contributed by atoms with E-state index in [1.807, 2.05) is 34.0 Å². The molecule has 5 heteroatoms. The molecule has 1 aliphatic rings. The van der Waals surface area contributed by atoms with Crippen LogP contribution in [0.2, 0.25) is 0 Å². The first-order valence-electron chi connectivity index (χ1n) is 13.8. The second-order valence-electron chi connectivity index (χ2n) is 10.2. The maximum atomic E-state index is 5.55. The predicted octanol–water partition coefficient (Wildman–Crippen LogP) is 7.63. The van der Waals surface area contributed by atoms with E-state index in [9.17, 15) is 0 Å². The summed E-state index contributed by atoms with van der Waals surface area (Å²) in [6.07, 6.45) is 8.31. The molecule has 0 radical (unpaired) electrons. The number of rotatable bonds is 11. The van der Waals surface area contributed by atoms with E-state index in [0.29, 0.717) is 11.3 Å². The summed E-state index contributed by atoms with van der Waals surface area (Å²) in [5.41, 5.74) is 6.42. The van der Waals surface area contributed by atoms with Crippen LogP contribution in [0.1, 0.15) is 85.4 Å². The minimum atomic E-state index is 0.313. The van der Waals surface area contributed by atoms with Gasteiger partial charge in [0.05, 0.1) is 12.3 Å². The molecule has 0 spiro atoms. The van der Waals surface area contributed by atoms with Crippen molar-refractivity contribution in [2.45, 2.75) is 81.6 Å². The second kappa shape index (κ2) is 18.6. The van der Waals surface area contributed by atoms with Crippen molar-refractivity contribution in [3.8, 4) is 5.75 Å². The van der Waals surface area contributed by atoms with E-state index in [2.05, 4.69) is 87.5 Å². The molecule has 0 aliphatic carbocycles. The largest absolute Gasteiger partial charge is 0.493 e. The molecule has 1 aromatic carbocycles. The van der Waals surface area contributed by atoms with Crippen molar-refractivity contribution in [3.05, 3.63) is 59.6 Å². The summed E-state index contributed by atoms with van der Waals surface area (Å²) >= 11 is 0. The molecule has 2 rings (SSSR count). The van der Waals surface area contributed by atoms with Crippen LogP contribution in [-0.2, 0) is 12.8 Å².